The van der Waals surface area contributed by atoms with Crippen molar-refractivity contribution in [3.05, 3.63) is 183 Å². The Balaban J connectivity index is 0.000000168. The fraction of sp³-hybridized carbons (Fsp3) is 0.234. The summed E-state index contributed by atoms with van der Waals surface area (Å²) in [6.45, 7) is 7.50. The van der Waals surface area contributed by atoms with Gasteiger partial charge < -0.3 is 9.05 Å². The molecule has 2 aliphatic rings. The zero-order chi connectivity index (χ0) is 42.5. The lowest BCUT2D eigenvalue weighted by Gasteiger charge is -2.13. The minimum Gasteiger partial charge on any atom is -0.361 e. The monoisotopic (exact) mass is 813 g/mol. The van der Waals surface area contributed by atoms with Crippen molar-refractivity contribution in [3.8, 4) is 5.69 Å². The number of carbonyl (C=O) groups excluding carboxylic acids is 1. The second-order valence-electron chi connectivity index (χ2n) is 14.8. The Kier molecular flexibility index (Phi) is 12.0. The van der Waals surface area contributed by atoms with Crippen molar-refractivity contribution in [1.82, 2.24) is 41.1 Å². The van der Waals surface area contributed by atoms with Crippen LogP contribution < -0.4 is 16.1 Å². The van der Waals surface area contributed by atoms with Gasteiger partial charge in [0.25, 0.3) is 0 Å². The van der Waals surface area contributed by atoms with Crippen LogP contribution in [0, 0.1) is 27.7 Å². The number of amides is 1. The molecule has 308 valence electrons. The number of hydrogen-bond acceptors (Lipinski definition) is 12. The minimum absolute atomic E-state index is 0.164. The highest BCUT2D eigenvalue weighted by Gasteiger charge is 2.29. The summed E-state index contributed by atoms with van der Waals surface area (Å²) >= 11 is 0. The summed E-state index contributed by atoms with van der Waals surface area (Å²) in [6.07, 6.45) is 0.643. The third kappa shape index (κ3) is 8.49. The van der Waals surface area contributed by atoms with Gasteiger partial charge in [0.1, 0.15) is 23.5 Å². The number of aryl methyl sites for hydroxylation is 4. The van der Waals surface area contributed by atoms with Gasteiger partial charge in [-0.05, 0) is 53.4 Å². The molecule has 0 spiro atoms. The maximum atomic E-state index is 12.5. The third-order valence-electron chi connectivity index (χ3n) is 10.9. The summed E-state index contributed by atoms with van der Waals surface area (Å²) in [4.78, 5) is 22.5. The molecule has 0 fully saturated rings. The van der Waals surface area contributed by atoms with Crippen LogP contribution in [-0.4, -0.2) is 68.4 Å². The van der Waals surface area contributed by atoms with Crippen molar-refractivity contribution in [2.45, 2.75) is 59.3 Å². The SMILES string of the molecule is CNC1N=C(c2ccccc2)c2ccccc2-n2c(Cc3c(C)noc3C)nnc21.CNC1N=C(c2ccccc2)c2ccccc2C/C1=N\NC(=O)Cc1c(C)noc1C. The Morgan fingerprint density at radius 2 is 1.25 bits per heavy atom. The van der Waals surface area contributed by atoms with Gasteiger partial charge in [-0.25, -0.2) is 5.43 Å². The van der Waals surface area contributed by atoms with Crippen LogP contribution in [0.25, 0.3) is 5.69 Å². The van der Waals surface area contributed by atoms with Crippen LogP contribution in [0.3, 0.4) is 0 Å². The van der Waals surface area contributed by atoms with Gasteiger partial charge in [0.15, 0.2) is 12.0 Å². The average Bonchev–Trinajstić information content (AvgIpc) is 3.88. The largest absolute Gasteiger partial charge is 0.361 e. The van der Waals surface area contributed by atoms with Gasteiger partial charge in [-0.1, -0.05) is 113 Å². The molecule has 9 rings (SSSR count). The molecule has 5 heterocycles. The molecule has 3 aromatic heterocycles. The van der Waals surface area contributed by atoms with E-state index < -0.39 is 0 Å². The van der Waals surface area contributed by atoms with Crippen molar-refractivity contribution in [1.29, 1.82) is 0 Å². The molecule has 61 heavy (non-hydrogen) atoms. The molecule has 1 amide bonds. The molecule has 0 aliphatic carbocycles. The Morgan fingerprint density at radius 3 is 1.87 bits per heavy atom. The number of nitrogens with zero attached hydrogens (tertiary/aromatic N) is 8. The average molecular weight is 814 g/mol. The zero-order valence-corrected chi connectivity index (χ0v) is 35.0. The van der Waals surface area contributed by atoms with Crippen LogP contribution in [0.1, 0.15) is 79.7 Å². The number of benzene rings is 4. The maximum Gasteiger partial charge on any atom is 0.244 e. The smallest absolute Gasteiger partial charge is 0.244 e. The van der Waals surface area contributed by atoms with Gasteiger partial charge in [0.05, 0.1) is 40.6 Å². The quantitative estimate of drug-likeness (QED) is 0.138. The highest BCUT2D eigenvalue weighted by atomic mass is 16.5. The summed E-state index contributed by atoms with van der Waals surface area (Å²) < 4.78 is 12.6. The standard InChI is InChI=1S/C24H25N5O2.C23H22N6O/c1-15-20(16(2)31-29-15)14-22(30)28-27-21-13-18-11-7-8-12-19(18)23(26-24(21)25-3)17-9-5-4-6-10-17;1-14-18(15(2)30-28-14)13-20-26-27-23-22(24-3)25-21(16-9-5-4-6-10-16)17-11-7-8-12-19(17)29(20)23/h4-12,24-25H,13-14H2,1-3H3,(H,28,30);4-12,22,24H,13H2,1-3H3/b27-21+;. The van der Waals surface area contributed by atoms with Gasteiger partial charge in [-0.2, -0.15) is 5.10 Å². The van der Waals surface area contributed by atoms with Crippen LogP contribution in [0.5, 0.6) is 0 Å². The van der Waals surface area contributed by atoms with E-state index in [9.17, 15) is 4.79 Å². The molecular formula is C47H47N11O3. The van der Waals surface area contributed by atoms with E-state index in [1.165, 1.54) is 0 Å². The topological polar surface area (TPSA) is 173 Å². The van der Waals surface area contributed by atoms with E-state index in [-0.39, 0.29) is 24.7 Å². The Labute approximate surface area is 353 Å². The predicted molar refractivity (Wildman–Crippen MR) is 234 cm³/mol. The van der Waals surface area contributed by atoms with E-state index >= 15 is 0 Å². The first-order chi connectivity index (χ1) is 29.7. The fourth-order valence-electron chi connectivity index (χ4n) is 7.66. The fourth-order valence-corrected chi connectivity index (χ4v) is 7.66. The van der Waals surface area contributed by atoms with Gasteiger partial charge in [-0.15, -0.1) is 10.2 Å². The lowest BCUT2D eigenvalue weighted by atomic mass is 9.96. The Morgan fingerprint density at radius 1 is 0.689 bits per heavy atom. The number of hydrazone groups is 1. The number of aromatic nitrogens is 5. The van der Waals surface area contributed by atoms with Crippen molar-refractivity contribution in [3.63, 3.8) is 0 Å². The number of nitrogens with one attached hydrogen (secondary N) is 3. The lowest BCUT2D eigenvalue weighted by molar-refractivity contribution is -0.120. The zero-order valence-electron chi connectivity index (χ0n) is 35.0. The van der Waals surface area contributed by atoms with Crippen LogP contribution >= 0.6 is 0 Å². The number of fused-ring (bicyclic) bond motifs is 4. The number of aliphatic imine (C=N–C) groups is 2. The normalized spacial score (nSPS) is 16.2. The second-order valence-corrected chi connectivity index (χ2v) is 14.8. The van der Waals surface area contributed by atoms with Gasteiger partial charge in [0.2, 0.25) is 5.91 Å². The van der Waals surface area contributed by atoms with Crippen LogP contribution in [0.2, 0.25) is 0 Å². The molecule has 0 radical (unpaired) electrons. The first kappa shape index (κ1) is 40.6. The van der Waals surface area contributed by atoms with E-state index in [4.69, 9.17) is 19.0 Å². The number of carbonyl (C=O) groups is 1. The molecule has 0 saturated carbocycles. The summed E-state index contributed by atoms with van der Waals surface area (Å²) in [5, 5.41) is 28.0. The van der Waals surface area contributed by atoms with Gasteiger partial charge in [0, 0.05) is 46.2 Å². The molecule has 2 aliphatic heterocycles. The van der Waals surface area contributed by atoms with Crippen LogP contribution in [0.15, 0.2) is 133 Å². The van der Waals surface area contributed by atoms with Crippen molar-refractivity contribution < 1.29 is 13.8 Å². The Hall–Kier alpha value is -7.16. The molecule has 14 nitrogen and oxygen atoms in total. The van der Waals surface area contributed by atoms with E-state index in [0.717, 1.165) is 84.9 Å². The minimum atomic E-state index is -0.359. The number of rotatable bonds is 9. The third-order valence-corrected chi connectivity index (χ3v) is 10.9. The highest BCUT2D eigenvalue weighted by molar-refractivity contribution is 6.16. The van der Waals surface area contributed by atoms with E-state index in [2.05, 4.69) is 94.8 Å². The summed E-state index contributed by atoms with van der Waals surface area (Å²) in [5.74, 6) is 2.82. The van der Waals surface area contributed by atoms with Gasteiger partial charge >= 0.3 is 0 Å². The van der Waals surface area contributed by atoms with Crippen molar-refractivity contribution >= 4 is 23.0 Å². The first-order valence-corrected chi connectivity index (χ1v) is 20.2. The maximum absolute atomic E-state index is 12.5. The predicted octanol–water partition coefficient (Wildman–Crippen LogP) is 6.48. The first-order valence-electron chi connectivity index (χ1n) is 20.2. The number of para-hydroxylation sites is 1. The molecule has 2 unspecified atom stereocenters. The molecule has 7 aromatic rings. The van der Waals surface area contributed by atoms with Crippen LogP contribution in [0.4, 0.5) is 0 Å². The second kappa shape index (κ2) is 18.0. The van der Waals surface area contributed by atoms with E-state index in [1.807, 2.05) is 95.5 Å². The molecule has 4 aromatic carbocycles. The van der Waals surface area contributed by atoms with Gasteiger partial charge in [-0.3, -0.25) is 30.0 Å². The number of hydrogen-bond donors (Lipinski definition) is 3. The Bertz CT molecular complexity index is 2730. The highest BCUT2D eigenvalue weighted by Crippen LogP contribution is 2.31. The summed E-state index contributed by atoms with van der Waals surface area (Å²) in [7, 11) is 3.73. The summed E-state index contributed by atoms with van der Waals surface area (Å²) in [5.41, 5.74) is 15.0. The van der Waals surface area contributed by atoms with Crippen molar-refractivity contribution in [2.24, 2.45) is 15.1 Å². The summed E-state index contributed by atoms with van der Waals surface area (Å²) in [6, 6.07) is 36.8. The molecule has 2 atom stereocenters. The lowest BCUT2D eigenvalue weighted by Crippen LogP contribution is -2.35. The molecule has 3 N–H and O–H groups in total. The van der Waals surface area contributed by atoms with Crippen molar-refractivity contribution in [2.75, 3.05) is 14.1 Å². The molecule has 0 saturated heterocycles. The molecule has 0 bridgehead atoms. The van der Waals surface area contributed by atoms with Crippen LogP contribution in [-0.2, 0) is 24.1 Å². The molecular weight excluding hydrogens is 767 g/mol. The van der Waals surface area contributed by atoms with E-state index in [1.54, 1.807) is 6.92 Å². The molecule has 14 heteroatoms. The van der Waals surface area contributed by atoms with E-state index in [0.29, 0.717) is 24.3 Å².